The van der Waals surface area contributed by atoms with Crippen molar-refractivity contribution >= 4 is 38.7 Å². The molecule has 3 rings (SSSR count). The molecule has 0 N–H and O–H groups in total. The lowest BCUT2D eigenvalue weighted by Crippen LogP contribution is -2.05. The van der Waals surface area contributed by atoms with Gasteiger partial charge < -0.3 is 0 Å². The third-order valence-electron chi connectivity index (χ3n) is 3.00. The van der Waals surface area contributed by atoms with E-state index in [4.69, 9.17) is 11.6 Å². The first kappa shape index (κ1) is 14.4. The summed E-state index contributed by atoms with van der Waals surface area (Å²) in [6, 6.07) is 5.12. The van der Waals surface area contributed by atoms with Gasteiger partial charge in [-0.2, -0.15) is 0 Å². The number of benzene rings is 1. The summed E-state index contributed by atoms with van der Waals surface area (Å²) >= 11 is 9.45. The number of aromatic nitrogens is 3. The molecule has 3 nitrogen and oxygen atoms in total. The third kappa shape index (κ3) is 2.53. The largest absolute Gasteiger partial charge is 0.276 e. The number of hydrogen-bond acceptors (Lipinski definition) is 2. The molecule has 0 amide bonds. The highest BCUT2D eigenvalue weighted by molar-refractivity contribution is 9.10. The highest BCUT2D eigenvalue weighted by Gasteiger charge is 2.20. The first-order valence-corrected chi connectivity index (χ1v) is 7.33. The fourth-order valence-corrected chi connectivity index (χ4v) is 2.59. The fourth-order valence-electron chi connectivity index (χ4n) is 2.12. The van der Waals surface area contributed by atoms with Gasteiger partial charge in [-0.05, 0) is 41.1 Å². The molecule has 2 aromatic heterocycles. The lowest BCUT2D eigenvalue weighted by molar-refractivity contribution is 0.577. The zero-order valence-electron chi connectivity index (χ0n) is 10.8. The van der Waals surface area contributed by atoms with E-state index < -0.39 is 17.0 Å². The zero-order chi connectivity index (χ0) is 15.1. The van der Waals surface area contributed by atoms with Crippen LogP contribution in [0.3, 0.4) is 0 Å². The molecule has 0 aliphatic heterocycles. The van der Waals surface area contributed by atoms with Gasteiger partial charge in [-0.15, -0.1) is 11.6 Å². The van der Waals surface area contributed by atoms with E-state index in [2.05, 4.69) is 25.9 Å². The van der Waals surface area contributed by atoms with Crippen molar-refractivity contribution in [1.82, 2.24) is 14.5 Å². The molecule has 2 heterocycles. The molecule has 0 bridgehead atoms. The van der Waals surface area contributed by atoms with Crippen molar-refractivity contribution < 1.29 is 8.78 Å². The molecule has 1 unspecified atom stereocenters. The van der Waals surface area contributed by atoms with Crippen molar-refractivity contribution in [3.05, 3.63) is 52.4 Å². The topological polar surface area (TPSA) is 30.7 Å². The van der Waals surface area contributed by atoms with Crippen LogP contribution >= 0.6 is 27.5 Å². The first-order chi connectivity index (χ1) is 9.97. The van der Waals surface area contributed by atoms with Gasteiger partial charge in [-0.1, -0.05) is 0 Å². The maximum Gasteiger partial charge on any atom is 0.164 e. The van der Waals surface area contributed by atoms with Crippen LogP contribution in [0, 0.1) is 11.6 Å². The maximum absolute atomic E-state index is 14.1. The van der Waals surface area contributed by atoms with Gasteiger partial charge in [0, 0.05) is 16.7 Å². The van der Waals surface area contributed by atoms with E-state index in [1.807, 2.05) is 0 Å². The van der Waals surface area contributed by atoms with Crippen LogP contribution in [0.2, 0.25) is 0 Å². The van der Waals surface area contributed by atoms with Crippen LogP contribution in [0.15, 0.2) is 34.9 Å². The maximum atomic E-state index is 14.1. The van der Waals surface area contributed by atoms with Gasteiger partial charge in [-0.25, -0.2) is 18.7 Å². The molecular weight excluding hydrogens is 364 g/mol. The molecule has 0 aliphatic rings. The summed E-state index contributed by atoms with van der Waals surface area (Å²) in [6.45, 7) is 1.73. The van der Waals surface area contributed by atoms with Gasteiger partial charge in [0.05, 0.1) is 11.1 Å². The average molecular weight is 373 g/mol. The Morgan fingerprint density at radius 1 is 1.29 bits per heavy atom. The van der Waals surface area contributed by atoms with Crippen LogP contribution in [0.4, 0.5) is 8.78 Å². The Hall–Kier alpha value is -1.53. The normalized spacial score (nSPS) is 12.8. The Morgan fingerprint density at radius 2 is 2.05 bits per heavy atom. The number of nitrogens with zero attached hydrogens (tertiary/aromatic N) is 3. The van der Waals surface area contributed by atoms with E-state index in [0.717, 1.165) is 10.5 Å². The Labute approximate surface area is 132 Å². The van der Waals surface area contributed by atoms with Crippen molar-refractivity contribution in [3.8, 4) is 5.69 Å². The molecule has 3 aromatic rings. The van der Waals surface area contributed by atoms with Crippen LogP contribution < -0.4 is 0 Å². The second-order valence-electron chi connectivity index (χ2n) is 4.51. The predicted molar refractivity (Wildman–Crippen MR) is 80.7 cm³/mol. The number of rotatable bonds is 2. The van der Waals surface area contributed by atoms with Crippen LogP contribution in [-0.4, -0.2) is 14.5 Å². The molecule has 21 heavy (non-hydrogen) atoms. The summed E-state index contributed by atoms with van der Waals surface area (Å²) in [7, 11) is 0. The molecule has 0 aliphatic carbocycles. The van der Waals surface area contributed by atoms with Crippen LogP contribution in [-0.2, 0) is 0 Å². The highest BCUT2D eigenvalue weighted by Crippen LogP contribution is 2.29. The Morgan fingerprint density at radius 3 is 2.71 bits per heavy atom. The fraction of sp³-hybridized carbons (Fsp3) is 0.143. The van der Waals surface area contributed by atoms with Gasteiger partial charge in [0.15, 0.2) is 5.65 Å². The minimum atomic E-state index is -0.697. The summed E-state index contributed by atoms with van der Waals surface area (Å²) < 4.78 is 29.5. The Balaban J connectivity index is 2.36. The summed E-state index contributed by atoms with van der Waals surface area (Å²) in [5.41, 5.74) is 1.21. The zero-order valence-corrected chi connectivity index (χ0v) is 13.2. The molecule has 1 atom stereocenters. The molecule has 0 fully saturated rings. The Bertz CT molecular complexity index is 832. The van der Waals surface area contributed by atoms with Crippen LogP contribution in [0.5, 0.6) is 0 Å². The monoisotopic (exact) mass is 371 g/mol. The van der Waals surface area contributed by atoms with Gasteiger partial charge in [0.2, 0.25) is 0 Å². The minimum Gasteiger partial charge on any atom is -0.276 e. The van der Waals surface area contributed by atoms with E-state index in [0.29, 0.717) is 17.0 Å². The van der Waals surface area contributed by atoms with Crippen LogP contribution in [0.25, 0.3) is 16.9 Å². The summed E-state index contributed by atoms with van der Waals surface area (Å²) in [4.78, 5) is 8.65. The Kier molecular flexibility index (Phi) is 3.67. The number of alkyl halides is 1. The number of halogens is 4. The summed E-state index contributed by atoms with van der Waals surface area (Å²) in [5, 5.41) is -0.456. The van der Waals surface area contributed by atoms with Crippen molar-refractivity contribution in [2.75, 3.05) is 0 Å². The van der Waals surface area contributed by atoms with E-state index in [1.165, 1.54) is 16.7 Å². The third-order valence-corrected chi connectivity index (χ3v) is 3.63. The van der Waals surface area contributed by atoms with Crippen molar-refractivity contribution in [3.63, 3.8) is 0 Å². The van der Waals surface area contributed by atoms with Crippen molar-refractivity contribution in [2.24, 2.45) is 0 Å². The minimum absolute atomic E-state index is 0.163. The van der Waals surface area contributed by atoms with Crippen LogP contribution in [0.1, 0.15) is 18.1 Å². The molecule has 0 spiro atoms. The molecule has 0 radical (unpaired) electrons. The van der Waals surface area contributed by atoms with E-state index in [1.54, 1.807) is 19.2 Å². The lowest BCUT2D eigenvalue weighted by atomic mass is 10.2. The number of hydrogen-bond donors (Lipinski definition) is 0. The van der Waals surface area contributed by atoms with Gasteiger partial charge in [-0.3, -0.25) is 4.57 Å². The summed E-state index contributed by atoms with van der Waals surface area (Å²) in [6.07, 6.45) is 1.59. The smallest absolute Gasteiger partial charge is 0.164 e. The molecule has 0 saturated carbocycles. The lowest BCUT2D eigenvalue weighted by Gasteiger charge is -2.10. The van der Waals surface area contributed by atoms with E-state index in [9.17, 15) is 8.78 Å². The van der Waals surface area contributed by atoms with Crippen molar-refractivity contribution in [1.29, 1.82) is 0 Å². The number of imidazole rings is 1. The first-order valence-electron chi connectivity index (χ1n) is 6.11. The van der Waals surface area contributed by atoms with E-state index in [-0.39, 0.29) is 5.69 Å². The SMILES string of the molecule is CC(Cl)c1nc2cc(Br)cnc2n1-c1ccc(F)cc1F. The molecule has 0 saturated heterocycles. The highest BCUT2D eigenvalue weighted by atomic mass is 79.9. The average Bonchev–Trinajstić information content (AvgIpc) is 2.77. The molecular formula is C14H9BrClF2N3. The molecule has 1 aromatic carbocycles. The number of fused-ring (bicyclic) bond motifs is 1. The predicted octanol–water partition coefficient (Wildman–Crippen LogP) is 4.76. The second-order valence-corrected chi connectivity index (χ2v) is 6.08. The van der Waals surface area contributed by atoms with Gasteiger partial charge >= 0.3 is 0 Å². The molecule has 7 heteroatoms. The van der Waals surface area contributed by atoms with Gasteiger partial charge in [0.25, 0.3) is 0 Å². The quantitative estimate of drug-likeness (QED) is 0.607. The standard InChI is InChI=1S/C14H9BrClF2N3/c1-7(16)13-20-11-4-8(15)6-19-14(11)21(13)12-3-2-9(17)5-10(12)18/h2-7H,1H3. The van der Waals surface area contributed by atoms with Crippen molar-refractivity contribution in [2.45, 2.75) is 12.3 Å². The summed E-state index contributed by atoms with van der Waals surface area (Å²) in [5.74, 6) is -0.891. The molecule has 108 valence electrons. The van der Waals surface area contributed by atoms with E-state index >= 15 is 0 Å². The second kappa shape index (κ2) is 5.35. The van der Waals surface area contributed by atoms with Gasteiger partial charge in [0.1, 0.15) is 23.0 Å². The number of pyridine rings is 1.